The Hall–Kier alpha value is -2.51. The molecule has 0 bridgehead atoms. The minimum absolute atomic E-state index is 0.149. The fraction of sp³-hybridized carbons (Fsp3) is 0.435. The molecule has 2 aromatic rings. The second-order valence-corrected chi connectivity index (χ2v) is 7.64. The third-order valence-corrected chi connectivity index (χ3v) is 5.72. The van der Waals surface area contributed by atoms with E-state index in [-0.39, 0.29) is 6.04 Å². The van der Waals surface area contributed by atoms with Crippen molar-refractivity contribution < 1.29 is 14.2 Å². The van der Waals surface area contributed by atoms with Gasteiger partial charge in [-0.15, -0.1) is 0 Å². The van der Waals surface area contributed by atoms with E-state index in [0.717, 1.165) is 43.3 Å². The second-order valence-electron chi connectivity index (χ2n) is 7.23. The van der Waals surface area contributed by atoms with Gasteiger partial charge in [-0.25, -0.2) is 0 Å². The Balaban J connectivity index is 1.90. The van der Waals surface area contributed by atoms with Crippen LogP contribution >= 0.6 is 12.2 Å². The average Bonchev–Trinajstić information content (AvgIpc) is 2.77. The van der Waals surface area contributed by atoms with E-state index in [1.165, 1.54) is 16.7 Å². The predicted octanol–water partition coefficient (Wildman–Crippen LogP) is 3.30. The van der Waals surface area contributed by atoms with E-state index in [4.69, 9.17) is 26.4 Å². The molecule has 0 fully saturated rings. The molecule has 0 aromatic heterocycles. The zero-order valence-electron chi connectivity index (χ0n) is 18.2. The van der Waals surface area contributed by atoms with Crippen LogP contribution in [0.3, 0.4) is 0 Å². The van der Waals surface area contributed by atoms with Crippen molar-refractivity contribution in [2.24, 2.45) is 0 Å². The molecule has 1 heterocycles. The maximum absolute atomic E-state index is 5.58. The minimum atomic E-state index is 0.149. The van der Waals surface area contributed by atoms with Gasteiger partial charge in [-0.05, 0) is 66.5 Å². The molecule has 0 spiro atoms. The Bertz CT molecular complexity index is 875. The van der Waals surface area contributed by atoms with Gasteiger partial charge in [0.15, 0.2) is 16.6 Å². The van der Waals surface area contributed by atoms with Gasteiger partial charge in [-0.2, -0.15) is 0 Å². The van der Waals surface area contributed by atoms with E-state index >= 15 is 0 Å². The van der Waals surface area contributed by atoms with Crippen molar-refractivity contribution in [3.8, 4) is 17.2 Å². The molecule has 6 nitrogen and oxygen atoms in total. The SMILES string of the molecule is CCNC(=S)NC[C@H]1c2cc(OC)c(OC)cc2CCN1Cc1cccc(OC)c1. The van der Waals surface area contributed by atoms with Crippen molar-refractivity contribution in [3.63, 3.8) is 0 Å². The van der Waals surface area contributed by atoms with Gasteiger partial charge in [-0.1, -0.05) is 12.1 Å². The van der Waals surface area contributed by atoms with Crippen LogP contribution in [0.5, 0.6) is 17.2 Å². The molecule has 2 aromatic carbocycles. The molecular weight excluding hydrogens is 398 g/mol. The van der Waals surface area contributed by atoms with Gasteiger partial charge in [0.1, 0.15) is 5.75 Å². The van der Waals surface area contributed by atoms with Crippen LogP contribution in [0.25, 0.3) is 0 Å². The number of hydrogen-bond donors (Lipinski definition) is 2. The van der Waals surface area contributed by atoms with E-state index in [0.29, 0.717) is 11.7 Å². The highest BCUT2D eigenvalue weighted by Crippen LogP contribution is 2.38. The summed E-state index contributed by atoms with van der Waals surface area (Å²) in [4.78, 5) is 2.48. The Kier molecular flexibility index (Phi) is 7.76. The van der Waals surface area contributed by atoms with Crippen molar-refractivity contribution >= 4 is 17.3 Å². The highest BCUT2D eigenvalue weighted by Gasteiger charge is 2.29. The lowest BCUT2D eigenvalue weighted by molar-refractivity contribution is 0.176. The first kappa shape index (κ1) is 22.2. The quantitative estimate of drug-likeness (QED) is 0.625. The smallest absolute Gasteiger partial charge is 0.166 e. The van der Waals surface area contributed by atoms with Crippen LogP contribution in [-0.4, -0.2) is 51.0 Å². The Morgan fingerprint density at radius 1 is 1.07 bits per heavy atom. The number of rotatable bonds is 8. The summed E-state index contributed by atoms with van der Waals surface area (Å²) in [6.45, 7) is 5.31. The molecule has 30 heavy (non-hydrogen) atoms. The lowest BCUT2D eigenvalue weighted by Gasteiger charge is -2.38. The van der Waals surface area contributed by atoms with Crippen LogP contribution in [-0.2, 0) is 13.0 Å². The normalized spacial score (nSPS) is 15.8. The molecule has 0 saturated carbocycles. The molecule has 0 saturated heterocycles. The number of ether oxygens (including phenoxy) is 3. The molecule has 0 radical (unpaired) electrons. The van der Waals surface area contributed by atoms with Crippen LogP contribution in [0.4, 0.5) is 0 Å². The Labute approximate surface area is 184 Å². The van der Waals surface area contributed by atoms with Gasteiger partial charge in [0.05, 0.1) is 27.4 Å². The molecule has 1 atom stereocenters. The zero-order chi connectivity index (χ0) is 21.5. The molecule has 0 aliphatic carbocycles. The number of thiocarbonyl (C=S) groups is 1. The third kappa shape index (κ3) is 5.15. The number of methoxy groups -OCH3 is 3. The summed E-state index contributed by atoms with van der Waals surface area (Å²) in [5, 5.41) is 7.22. The Morgan fingerprint density at radius 2 is 1.83 bits per heavy atom. The number of benzene rings is 2. The van der Waals surface area contributed by atoms with Crippen LogP contribution in [0.1, 0.15) is 29.7 Å². The fourth-order valence-electron chi connectivity index (χ4n) is 3.93. The van der Waals surface area contributed by atoms with Crippen molar-refractivity contribution in [2.75, 3.05) is 41.0 Å². The molecule has 1 aliphatic rings. The third-order valence-electron chi connectivity index (χ3n) is 5.43. The van der Waals surface area contributed by atoms with Gasteiger partial charge in [0.25, 0.3) is 0 Å². The number of hydrogen-bond acceptors (Lipinski definition) is 5. The van der Waals surface area contributed by atoms with E-state index in [1.54, 1.807) is 21.3 Å². The molecule has 1 aliphatic heterocycles. The van der Waals surface area contributed by atoms with Crippen molar-refractivity contribution in [1.82, 2.24) is 15.5 Å². The van der Waals surface area contributed by atoms with Crippen LogP contribution in [0, 0.1) is 0 Å². The summed E-state index contributed by atoms with van der Waals surface area (Å²) in [5.74, 6) is 2.39. The monoisotopic (exact) mass is 429 g/mol. The number of nitrogens with one attached hydrogen (secondary N) is 2. The largest absolute Gasteiger partial charge is 0.497 e. The van der Waals surface area contributed by atoms with E-state index in [1.807, 2.05) is 19.1 Å². The summed E-state index contributed by atoms with van der Waals surface area (Å²) in [5.41, 5.74) is 3.75. The molecular formula is C23H31N3O3S. The van der Waals surface area contributed by atoms with Crippen LogP contribution in [0.15, 0.2) is 36.4 Å². The maximum atomic E-state index is 5.58. The maximum Gasteiger partial charge on any atom is 0.166 e. The summed E-state index contributed by atoms with van der Waals surface area (Å²) in [6, 6.07) is 12.6. The summed E-state index contributed by atoms with van der Waals surface area (Å²) < 4.78 is 16.5. The Morgan fingerprint density at radius 3 is 2.53 bits per heavy atom. The molecule has 2 N–H and O–H groups in total. The molecule has 0 amide bonds. The highest BCUT2D eigenvalue weighted by molar-refractivity contribution is 7.80. The van der Waals surface area contributed by atoms with E-state index in [2.05, 4.69) is 39.8 Å². The molecule has 162 valence electrons. The van der Waals surface area contributed by atoms with Gasteiger partial charge >= 0.3 is 0 Å². The van der Waals surface area contributed by atoms with Crippen molar-refractivity contribution in [3.05, 3.63) is 53.1 Å². The number of fused-ring (bicyclic) bond motifs is 1. The number of nitrogens with zero attached hydrogens (tertiary/aromatic N) is 1. The zero-order valence-corrected chi connectivity index (χ0v) is 19.0. The summed E-state index contributed by atoms with van der Waals surface area (Å²) in [6.07, 6.45) is 0.952. The lowest BCUT2D eigenvalue weighted by atomic mass is 9.91. The van der Waals surface area contributed by atoms with Gasteiger partial charge in [0.2, 0.25) is 0 Å². The first-order valence-electron chi connectivity index (χ1n) is 10.2. The molecule has 3 rings (SSSR count). The average molecular weight is 430 g/mol. The van der Waals surface area contributed by atoms with E-state index in [9.17, 15) is 0 Å². The van der Waals surface area contributed by atoms with Crippen LogP contribution in [0.2, 0.25) is 0 Å². The van der Waals surface area contributed by atoms with Gasteiger partial charge < -0.3 is 24.8 Å². The molecule has 7 heteroatoms. The van der Waals surface area contributed by atoms with Crippen LogP contribution < -0.4 is 24.8 Å². The highest BCUT2D eigenvalue weighted by atomic mass is 32.1. The first-order chi connectivity index (χ1) is 14.6. The van der Waals surface area contributed by atoms with Crippen molar-refractivity contribution in [2.45, 2.75) is 25.9 Å². The van der Waals surface area contributed by atoms with Crippen molar-refractivity contribution in [1.29, 1.82) is 0 Å². The molecule has 0 unspecified atom stereocenters. The summed E-state index contributed by atoms with van der Waals surface area (Å²) in [7, 11) is 5.05. The fourth-order valence-corrected chi connectivity index (χ4v) is 4.15. The minimum Gasteiger partial charge on any atom is -0.497 e. The lowest BCUT2D eigenvalue weighted by Crippen LogP contribution is -2.44. The van der Waals surface area contributed by atoms with E-state index < -0.39 is 0 Å². The standard InChI is InChI=1S/C23H31N3O3S/c1-5-24-23(30)25-14-20-19-13-22(29-4)21(28-3)12-17(19)9-10-26(20)15-16-7-6-8-18(11-16)27-2/h6-8,11-13,20H,5,9-10,14-15H2,1-4H3,(H2,24,25,30)/t20-/m0/s1. The predicted molar refractivity (Wildman–Crippen MR) is 124 cm³/mol. The first-order valence-corrected chi connectivity index (χ1v) is 10.6. The van der Waals surface area contributed by atoms with Gasteiger partial charge in [0, 0.05) is 26.2 Å². The second kappa shape index (κ2) is 10.5. The summed E-state index contributed by atoms with van der Waals surface area (Å²) >= 11 is 5.41. The van der Waals surface area contributed by atoms with Gasteiger partial charge in [-0.3, -0.25) is 4.90 Å². The topological polar surface area (TPSA) is 55.0 Å².